The summed E-state index contributed by atoms with van der Waals surface area (Å²) in [6, 6.07) is 8.51. The molecule has 0 heterocycles. The largest absolute Gasteiger partial charge is 0.478 e. The highest BCUT2D eigenvalue weighted by atomic mass is 16.4. The van der Waals surface area contributed by atoms with Gasteiger partial charge in [0.05, 0.1) is 0 Å². The van der Waals surface area contributed by atoms with E-state index < -0.39 is 5.97 Å². The Morgan fingerprint density at radius 2 is 2.31 bits per heavy atom. The predicted octanol–water partition coefficient (Wildman–Crippen LogP) is 3.27. The number of rotatable bonds is 2. The molecule has 1 N–H and O–H groups in total. The van der Waals surface area contributed by atoms with Crippen molar-refractivity contribution in [3.8, 4) is 0 Å². The molecule has 1 unspecified atom stereocenters. The van der Waals surface area contributed by atoms with Gasteiger partial charge >= 0.3 is 5.97 Å². The average molecular weight is 216 g/mol. The van der Waals surface area contributed by atoms with E-state index >= 15 is 0 Å². The Bertz CT molecular complexity index is 432. The second-order valence-corrected chi connectivity index (χ2v) is 4.49. The third-order valence-electron chi connectivity index (χ3n) is 3.16. The van der Waals surface area contributed by atoms with Crippen LogP contribution in [0.4, 0.5) is 0 Å². The number of hydrogen-bond acceptors (Lipinski definition) is 1. The van der Waals surface area contributed by atoms with Gasteiger partial charge in [-0.3, -0.25) is 0 Å². The molecule has 0 spiro atoms. The van der Waals surface area contributed by atoms with E-state index in [1.807, 2.05) is 0 Å². The summed E-state index contributed by atoms with van der Waals surface area (Å²) in [5, 5.41) is 8.70. The van der Waals surface area contributed by atoms with Gasteiger partial charge in [0.1, 0.15) is 0 Å². The number of carbonyl (C=O) groups is 1. The summed E-state index contributed by atoms with van der Waals surface area (Å²) in [4.78, 5) is 10.6. The van der Waals surface area contributed by atoms with Crippen molar-refractivity contribution in [1.29, 1.82) is 0 Å². The van der Waals surface area contributed by atoms with E-state index in [4.69, 9.17) is 5.11 Å². The number of carboxylic acid groups (broad SMARTS) is 1. The summed E-state index contributed by atoms with van der Waals surface area (Å²) in [7, 11) is 0. The summed E-state index contributed by atoms with van der Waals surface area (Å²) in [5.74, 6) is -0.314. The Morgan fingerprint density at radius 1 is 1.50 bits per heavy atom. The van der Waals surface area contributed by atoms with Gasteiger partial charge in [-0.05, 0) is 37.7 Å². The zero-order chi connectivity index (χ0) is 11.5. The fraction of sp³-hybridized carbons (Fsp3) is 0.357. The van der Waals surface area contributed by atoms with Crippen molar-refractivity contribution < 1.29 is 9.90 Å². The zero-order valence-corrected chi connectivity index (χ0v) is 9.44. The van der Waals surface area contributed by atoms with Crippen LogP contribution in [0, 0.1) is 6.92 Å². The molecule has 1 aliphatic carbocycles. The Morgan fingerprint density at radius 3 is 3.00 bits per heavy atom. The number of aliphatic carboxylic acids is 1. The maximum atomic E-state index is 10.6. The van der Waals surface area contributed by atoms with Gasteiger partial charge in [-0.25, -0.2) is 4.79 Å². The SMILES string of the molecule is Cc1cccc(C2CC/C(=C\C(=O)O)C2)c1. The van der Waals surface area contributed by atoms with Gasteiger partial charge in [-0.15, -0.1) is 0 Å². The fourth-order valence-electron chi connectivity index (χ4n) is 2.39. The van der Waals surface area contributed by atoms with Crippen LogP contribution in [0.25, 0.3) is 0 Å². The van der Waals surface area contributed by atoms with Crippen molar-refractivity contribution in [2.24, 2.45) is 0 Å². The van der Waals surface area contributed by atoms with Gasteiger partial charge in [0.25, 0.3) is 0 Å². The zero-order valence-electron chi connectivity index (χ0n) is 9.44. The molecule has 84 valence electrons. The maximum absolute atomic E-state index is 10.6. The molecule has 0 bridgehead atoms. The molecule has 0 radical (unpaired) electrons. The van der Waals surface area contributed by atoms with Crippen LogP contribution in [0.15, 0.2) is 35.9 Å². The van der Waals surface area contributed by atoms with Crippen molar-refractivity contribution in [3.63, 3.8) is 0 Å². The Labute approximate surface area is 95.6 Å². The second-order valence-electron chi connectivity index (χ2n) is 4.49. The second kappa shape index (κ2) is 4.52. The van der Waals surface area contributed by atoms with Gasteiger partial charge in [0, 0.05) is 6.08 Å². The highest BCUT2D eigenvalue weighted by Crippen LogP contribution is 2.37. The molecular formula is C14H16O2. The average Bonchev–Trinajstić information content (AvgIpc) is 2.65. The van der Waals surface area contributed by atoms with E-state index in [0.29, 0.717) is 5.92 Å². The lowest BCUT2D eigenvalue weighted by Gasteiger charge is -2.09. The molecule has 1 fully saturated rings. The van der Waals surface area contributed by atoms with Gasteiger partial charge in [-0.2, -0.15) is 0 Å². The van der Waals surface area contributed by atoms with Crippen molar-refractivity contribution in [1.82, 2.24) is 0 Å². The molecule has 1 saturated carbocycles. The van der Waals surface area contributed by atoms with Crippen LogP contribution in [0.1, 0.15) is 36.3 Å². The van der Waals surface area contributed by atoms with Crippen LogP contribution < -0.4 is 0 Å². The molecule has 1 aliphatic rings. The van der Waals surface area contributed by atoms with Crippen molar-refractivity contribution in [2.45, 2.75) is 32.1 Å². The molecule has 0 amide bonds. The molecule has 0 aromatic heterocycles. The van der Waals surface area contributed by atoms with E-state index in [1.165, 1.54) is 17.2 Å². The molecular weight excluding hydrogens is 200 g/mol. The van der Waals surface area contributed by atoms with Gasteiger partial charge in [-0.1, -0.05) is 35.4 Å². The summed E-state index contributed by atoms with van der Waals surface area (Å²) >= 11 is 0. The Hall–Kier alpha value is -1.57. The van der Waals surface area contributed by atoms with Crippen LogP contribution in [-0.2, 0) is 4.79 Å². The van der Waals surface area contributed by atoms with E-state index in [1.54, 1.807) is 0 Å². The van der Waals surface area contributed by atoms with Crippen LogP contribution in [-0.4, -0.2) is 11.1 Å². The summed E-state index contributed by atoms with van der Waals surface area (Å²) in [5.41, 5.74) is 3.68. The van der Waals surface area contributed by atoms with Gasteiger partial charge in [0.2, 0.25) is 0 Å². The number of benzene rings is 1. The Kier molecular flexibility index (Phi) is 3.09. The van der Waals surface area contributed by atoms with Crippen LogP contribution in [0.2, 0.25) is 0 Å². The summed E-state index contributed by atoms with van der Waals surface area (Å²) in [6.07, 6.45) is 4.26. The maximum Gasteiger partial charge on any atom is 0.328 e. The van der Waals surface area contributed by atoms with E-state index in [0.717, 1.165) is 24.8 Å². The van der Waals surface area contributed by atoms with Crippen LogP contribution in [0.3, 0.4) is 0 Å². The molecule has 1 aromatic rings. The first-order chi connectivity index (χ1) is 7.65. The molecule has 1 atom stereocenters. The van der Waals surface area contributed by atoms with Crippen molar-refractivity contribution in [2.75, 3.05) is 0 Å². The first-order valence-corrected chi connectivity index (χ1v) is 5.64. The number of aryl methyl sites for hydroxylation is 1. The van der Waals surface area contributed by atoms with Crippen LogP contribution in [0.5, 0.6) is 0 Å². The first kappa shape index (κ1) is 10.9. The lowest BCUT2D eigenvalue weighted by molar-refractivity contribution is -0.131. The number of carboxylic acids is 1. The third-order valence-corrected chi connectivity index (χ3v) is 3.16. The minimum absolute atomic E-state index is 0.505. The molecule has 1 aromatic carbocycles. The smallest absolute Gasteiger partial charge is 0.328 e. The lowest BCUT2D eigenvalue weighted by atomic mass is 9.96. The van der Waals surface area contributed by atoms with Gasteiger partial charge < -0.3 is 5.11 Å². The molecule has 0 saturated heterocycles. The standard InChI is InChI=1S/C14H16O2/c1-10-3-2-4-12(7-10)13-6-5-11(8-13)9-14(15)16/h2-4,7,9,13H,5-6,8H2,1H3,(H,15,16)/b11-9+. The number of hydrogen-bond donors (Lipinski definition) is 1. The number of allylic oxidation sites excluding steroid dienone is 1. The molecule has 16 heavy (non-hydrogen) atoms. The minimum Gasteiger partial charge on any atom is -0.478 e. The Balaban J connectivity index is 2.12. The molecule has 2 rings (SSSR count). The fourth-order valence-corrected chi connectivity index (χ4v) is 2.39. The quantitative estimate of drug-likeness (QED) is 0.770. The minimum atomic E-state index is -0.820. The normalized spacial score (nSPS) is 22.6. The first-order valence-electron chi connectivity index (χ1n) is 5.64. The van der Waals surface area contributed by atoms with Crippen LogP contribution >= 0.6 is 0 Å². The highest BCUT2D eigenvalue weighted by molar-refractivity contribution is 5.80. The molecule has 0 aliphatic heterocycles. The predicted molar refractivity (Wildman–Crippen MR) is 63.5 cm³/mol. The summed E-state index contributed by atoms with van der Waals surface area (Å²) in [6.45, 7) is 2.09. The highest BCUT2D eigenvalue weighted by Gasteiger charge is 2.21. The summed E-state index contributed by atoms with van der Waals surface area (Å²) < 4.78 is 0. The van der Waals surface area contributed by atoms with Gasteiger partial charge in [0.15, 0.2) is 0 Å². The third kappa shape index (κ3) is 2.51. The molecule has 2 nitrogen and oxygen atoms in total. The molecule has 2 heteroatoms. The lowest BCUT2D eigenvalue weighted by Crippen LogP contribution is -1.93. The van der Waals surface area contributed by atoms with E-state index in [9.17, 15) is 4.79 Å². The van der Waals surface area contributed by atoms with E-state index in [2.05, 4.69) is 31.2 Å². The van der Waals surface area contributed by atoms with E-state index in [-0.39, 0.29) is 0 Å². The van der Waals surface area contributed by atoms with Crippen molar-refractivity contribution >= 4 is 5.97 Å². The van der Waals surface area contributed by atoms with Crippen molar-refractivity contribution in [3.05, 3.63) is 47.0 Å². The topological polar surface area (TPSA) is 37.3 Å². The monoisotopic (exact) mass is 216 g/mol.